The highest BCUT2D eigenvalue weighted by Gasteiger charge is 2.24. The van der Waals surface area contributed by atoms with Crippen LogP contribution in [0.2, 0.25) is 0 Å². The van der Waals surface area contributed by atoms with E-state index in [2.05, 4.69) is 48.2 Å². The number of rotatable bonds is 7. The van der Waals surface area contributed by atoms with Crippen molar-refractivity contribution in [2.24, 2.45) is 0 Å². The third-order valence-corrected chi connectivity index (χ3v) is 7.72. The van der Waals surface area contributed by atoms with Gasteiger partial charge in [-0.1, -0.05) is 30.3 Å². The minimum atomic E-state index is 0.0876. The van der Waals surface area contributed by atoms with Gasteiger partial charge in [0.25, 0.3) is 0 Å². The normalized spacial score (nSPS) is 16.9. The maximum absolute atomic E-state index is 13.2. The number of carbonyl (C=O) groups is 1. The number of amides is 1. The highest BCUT2D eigenvalue weighted by atomic mass is 16.5. The van der Waals surface area contributed by atoms with Gasteiger partial charge in [-0.15, -0.1) is 0 Å². The maximum Gasteiger partial charge on any atom is 0.246 e. The van der Waals surface area contributed by atoms with E-state index >= 15 is 0 Å². The SMILES string of the molecule is CCOc1c(/C(C)=C/C(=O)N2CCN(CCc3ccccc3)CC2)cc2c3c(oc2c1C)CCCC3. The van der Waals surface area contributed by atoms with Crippen LogP contribution in [0.5, 0.6) is 5.75 Å². The molecule has 2 heterocycles. The monoisotopic (exact) mass is 486 g/mol. The zero-order valence-electron chi connectivity index (χ0n) is 21.9. The van der Waals surface area contributed by atoms with Crippen molar-refractivity contribution in [2.75, 3.05) is 39.3 Å². The van der Waals surface area contributed by atoms with Gasteiger partial charge in [0.2, 0.25) is 5.91 Å². The second-order valence-corrected chi connectivity index (χ2v) is 10.1. The molecule has 2 aliphatic rings. The lowest BCUT2D eigenvalue weighted by Crippen LogP contribution is -2.48. The summed E-state index contributed by atoms with van der Waals surface area (Å²) in [5, 5.41) is 1.19. The first kappa shape index (κ1) is 24.6. The number of fused-ring (bicyclic) bond motifs is 3. The minimum absolute atomic E-state index is 0.0876. The molecule has 190 valence electrons. The van der Waals surface area contributed by atoms with Crippen molar-refractivity contribution < 1.29 is 13.9 Å². The van der Waals surface area contributed by atoms with Crippen LogP contribution in [0, 0.1) is 6.92 Å². The molecule has 1 saturated heterocycles. The Morgan fingerprint density at radius 1 is 1.08 bits per heavy atom. The predicted molar refractivity (Wildman–Crippen MR) is 146 cm³/mol. The highest BCUT2D eigenvalue weighted by molar-refractivity contribution is 5.98. The Hall–Kier alpha value is -3.05. The fourth-order valence-electron chi connectivity index (χ4n) is 5.64. The molecule has 36 heavy (non-hydrogen) atoms. The number of benzene rings is 2. The standard InChI is InChI=1S/C31H38N2O3/c1-4-35-30-23(3)31-27(25-12-8-9-13-28(25)36-31)21-26(30)22(2)20-29(34)33-18-16-32(17-19-33)15-14-24-10-6-5-7-11-24/h5-7,10-11,20-21H,4,8-9,12-19H2,1-3H3/b22-20+. The van der Waals surface area contributed by atoms with Gasteiger partial charge in [-0.05, 0) is 63.7 Å². The molecule has 0 unspecified atom stereocenters. The van der Waals surface area contributed by atoms with Gasteiger partial charge in [-0.2, -0.15) is 0 Å². The Kier molecular flexibility index (Phi) is 7.47. The predicted octanol–water partition coefficient (Wildman–Crippen LogP) is 5.81. The van der Waals surface area contributed by atoms with Crippen LogP contribution in [0.1, 0.15) is 54.7 Å². The van der Waals surface area contributed by atoms with Crippen molar-refractivity contribution in [3.63, 3.8) is 0 Å². The van der Waals surface area contributed by atoms with Crippen LogP contribution in [-0.2, 0) is 24.1 Å². The van der Waals surface area contributed by atoms with Gasteiger partial charge in [-0.3, -0.25) is 9.69 Å². The molecule has 0 saturated carbocycles. The van der Waals surface area contributed by atoms with E-state index in [1.807, 2.05) is 18.7 Å². The molecule has 1 amide bonds. The molecule has 3 aromatic rings. The number of nitrogens with zero attached hydrogens (tertiary/aromatic N) is 2. The summed E-state index contributed by atoms with van der Waals surface area (Å²) in [5.41, 5.74) is 6.64. The second-order valence-electron chi connectivity index (χ2n) is 10.1. The number of hydrogen-bond donors (Lipinski definition) is 0. The number of allylic oxidation sites excluding steroid dienone is 1. The van der Waals surface area contributed by atoms with E-state index in [9.17, 15) is 4.79 Å². The van der Waals surface area contributed by atoms with Crippen molar-refractivity contribution >= 4 is 22.4 Å². The van der Waals surface area contributed by atoms with Gasteiger partial charge >= 0.3 is 0 Å². The van der Waals surface area contributed by atoms with Crippen LogP contribution in [-0.4, -0.2) is 55.0 Å². The Balaban J connectivity index is 1.31. The van der Waals surface area contributed by atoms with Crippen LogP contribution in [0.25, 0.3) is 16.5 Å². The summed E-state index contributed by atoms with van der Waals surface area (Å²) in [5.74, 6) is 2.05. The lowest BCUT2D eigenvalue weighted by Gasteiger charge is -2.34. The van der Waals surface area contributed by atoms with Gasteiger partial charge in [-0.25, -0.2) is 0 Å². The summed E-state index contributed by atoms with van der Waals surface area (Å²) in [6.07, 6.45) is 7.31. The first-order valence-electron chi connectivity index (χ1n) is 13.5. The summed E-state index contributed by atoms with van der Waals surface area (Å²) in [6.45, 7) is 11.1. The van der Waals surface area contributed by atoms with Crippen molar-refractivity contribution in [1.82, 2.24) is 9.80 Å². The molecule has 5 nitrogen and oxygen atoms in total. The molecule has 1 aliphatic carbocycles. The summed E-state index contributed by atoms with van der Waals surface area (Å²) in [4.78, 5) is 17.7. The van der Waals surface area contributed by atoms with Crippen molar-refractivity contribution in [1.29, 1.82) is 0 Å². The summed E-state index contributed by atoms with van der Waals surface area (Å²) in [7, 11) is 0. The Morgan fingerprint density at radius 3 is 2.58 bits per heavy atom. The third-order valence-electron chi connectivity index (χ3n) is 7.72. The number of hydrogen-bond acceptors (Lipinski definition) is 4. The van der Waals surface area contributed by atoms with Gasteiger partial charge in [0.1, 0.15) is 17.1 Å². The molecule has 1 aliphatic heterocycles. The second kappa shape index (κ2) is 10.9. The zero-order valence-corrected chi connectivity index (χ0v) is 21.9. The van der Waals surface area contributed by atoms with Crippen molar-refractivity contribution in [3.8, 4) is 5.75 Å². The Labute approximate surface area is 214 Å². The molecule has 0 N–H and O–H groups in total. The summed E-state index contributed by atoms with van der Waals surface area (Å²) < 4.78 is 12.4. The van der Waals surface area contributed by atoms with Gasteiger partial charge in [0, 0.05) is 67.3 Å². The molecule has 0 spiro atoms. The smallest absolute Gasteiger partial charge is 0.246 e. The quantitative estimate of drug-likeness (QED) is 0.396. The van der Waals surface area contributed by atoms with Crippen LogP contribution in [0.3, 0.4) is 0 Å². The number of piperazine rings is 1. The number of furan rings is 1. The molecule has 5 rings (SSSR count). The highest BCUT2D eigenvalue weighted by Crippen LogP contribution is 2.41. The van der Waals surface area contributed by atoms with E-state index in [4.69, 9.17) is 9.15 Å². The van der Waals surface area contributed by atoms with Gasteiger partial charge in [0.05, 0.1) is 6.61 Å². The van der Waals surface area contributed by atoms with Crippen LogP contribution >= 0.6 is 0 Å². The van der Waals surface area contributed by atoms with E-state index < -0.39 is 0 Å². The Morgan fingerprint density at radius 2 is 1.83 bits per heavy atom. The number of ether oxygens (including phenoxy) is 1. The molecule has 0 radical (unpaired) electrons. The van der Waals surface area contributed by atoms with E-state index in [1.54, 1.807) is 6.08 Å². The molecular weight excluding hydrogens is 448 g/mol. The average Bonchev–Trinajstić information content (AvgIpc) is 3.29. The largest absolute Gasteiger partial charge is 0.493 e. The van der Waals surface area contributed by atoms with E-state index in [0.717, 1.165) is 85.8 Å². The molecule has 1 aromatic heterocycles. The molecular formula is C31H38N2O3. The lowest BCUT2D eigenvalue weighted by atomic mass is 9.93. The van der Waals surface area contributed by atoms with Crippen molar-refractivity contribution in [2.45, 2.75) is 52.9 Å². The van der Waals surface area contributed by atoms with E-state index in [1.165, 1.54) is 29.4 Å². The molecule has 5 heteroatoms. The minimum Gasteiger partial charge on any atom is -0.493 e. The molecule has 0 atom stereocenters. The fraction of sp³-hybridized carbons (Fsp3) is 0.452. The topological polar surface area (TPSA) is 45.9 Å². The van der Waals surface area contributed by atoms with Crippen LogP contribution < -0.4 is 4.74 Å². The lowest BCUT2D eigenvalue weighted by molar-refractivity contribution is -0.127. The van der Waals surface area contributed by atoms with Crippen molar-refractivity contribution in [3.05, 3.63) is 70.5 Å². The van der Waals surface area contributed by atoms with Crippen LogP contribution in [0.15, 0.2) is 46.9 Å². The maximum atomic E-state index is 13.2. The van der Waals surface area contributed by atoms with Gasteiger partial charge < -0.3 is 14.1 Å². The molecule has 1 fully saturated rings. The average molecular weight is 487 g/mol. The molecule has 2 aromatic carbocycles. The third kappa shape index (κ3) is 5.08. The number of carbonyl (C=O) groups excluding carboxylic acids is 1. The summed E-state index contributed by atoms with van der Waals surface area (Å²) in [6, 6.07) is 12.8. The number of aryl methyl sites for hydroxylation is 3. The fourth-order valence-corrected chi connectivity index (χ4v) is 5.64. The summed E-state index contributed by atoms with van der Waals surface area (Å²) >= 11 is 0. The first-order chi connectivity index (χ1) is 17.5. The first-order valence-corrected chi connectivity index (χ1v) is 13.5. The Bertz CT molecular complexity index is 1250. The molecule has 0 bridgehead atoms. The van der Waals surface area contributed by atoms with Gasteiger partial charge in [0.15, 0.2) is 0 Å². The zero-order chi connectivity index (χ0) is 25.1. The van der Waals surface area contributed by atoms with E-state index in [0.29, 0.717) is 6.61 Å². The van der Waals surface area contributed by atoms with E-state index in [-0.39, 0.29) is 5.91 Å². The van der Waals surface area contributed by atoms with Crippen LogP contribution in [0.4, 0.5) is 0 Å².